The highest BCUT2D eigenvalue weighted by molar-refractivity contribution is 6.01. The van der Waals surface area contributed by atoms with Crippen LogP contribution in [-0.2, 0) is 29.0 Å². The molecule has 0 aliphatic carbocycles. The molecule has 5 rings (SSSR count). The van der Waals surface area contributed by atoms with Gasteiger partial charge in [-0.1, -0.05) is 84.9 Å². The molecule has 0 bridgehead atoms. The number of rotatable bonds is 7. The van der Waals surface area contributed by atoms with E-state index in [0.717, 1.165) is 35.0 Å². The Morgan fingerprint density at radius 1 is 0.895 bits per heavy atom. The summed E-state index contributed by atoms with van der Waals surface area (Å²) in [5.41, 5.74) is 5.67. The maximum absolute atomic E-state index is 13.9. The van der Waals surface area contributed by atoms with Crippen LogP contribution in [0.2, 0.25) is 0 Å². The molecule has 0 saturated carbocycles. The zero-order valence-corrected chi connectivity index (χ0v) is 22.6. The number of nitrogens with zero attached hydrogens (tertiary/aromatic N) is 1. The minimum Gasteiger partial charge on any atom is -0.343 e. The summed E-state index contributed by atoms with van der Waals surface area (Å²) in [5, 5.41) is 8.30. The molecule has 5 nitrogen and oxygen atoms in total. The van der Waals surface area contributed by atoms with E-state index in [-0.39, 0.29) is 30.3 Å². The molecular formula is C32H34ClN3O2. The van der Waals surface area contributed by atoms with E-state index >= 15 is 0 Å². The lowest BCUT2D eigenvalue weighted by molar-refractivity contribution is -0.128. The Hall–Kier alpha value is -3.67. The molecule has 6 heteroatoms. The van der Waals surface area contributed by atoms with Crippen LogP contribution in [0.15, 0.2) is 91.0 Å². The number of hydrogen-bond acceptors (Lipinski definition) is 3. The number of amides is 2. The van der Waals surface area contributed by atoms with Crippen molar-refractivity contribution in [2.75, 3.05) is 11.9 Å². The number of halogens is 1. The molecular weight excluding hydrogens is 494 g/mol. The number of likely N-dealkylation sites (N-methyl/N-ethyl adjacent to an activating group) is 1. The van der Waals surface area contributed by atoms with Crippen molar-refractivity contribution in [2.24, 2.45) is 0 Å². The number of fused-ring (bicyclic) bond motifs is 2. The molecule has 0 radical (unpaired) electrons. The van der Waals surface area contributed by atoms with Crippen molar-refractivity contribution >= 4 is 40.7 Å². The summed E-state index contributed by atoms with van der Waals surface area (Å²) < 4.78 is 0. The zero-order chi connectivity index (χ0) is 25.8. The molecule has 38 heavy (non-hydrogen) atoms. The van der Waals surface area contributed by atoms with Gasteiger partial charge in [0.05, 0.1) is 12.6 Å². The summed E-state index contributed by atoms with van der Waals surface area (Å²) >= 11 is 0. The van der Waals surface area contributed by atoms with Crippen molar-refractivity contribution in [1.29, 1.82) is 0 Å². The number of benzene rings is 4. The van der Waals surface area contributed by atoms with Gasteiger partial charge in [-0.25, -0.2) is 0 Å². The second kappa shape index (κ2) is 12.2. The molecule has 4 aromatic carbocycles. The SMILES string of the molecule is CN[C@@H](C)C(=O)N[C@H]1CCc2ccccc2N(Cc2cccc3c(Cc4ccccc4)cccc23)C1=O.Cl. The standard InChI is InChI=1S/C32H33N3O2.ClH/c1-22(33-2)31(36)34-29-19-18-24-12-6-7-17-30(24)35(32(29)37)21-26-14-9-15-27-25(13-8-16-28(26)27)20-23-10-4-3-5-11-23;/h3-17,22,29,33H,18-21H2,1-2H3,(H,34,36);1H/t22-,29-;/m0./s1. The average molecular weight is 528 g/mol. The molecule has 2 atom stereocenters. The van der Waals surface area contributed by atoms with E-state index in [2.05, 4.69) is 77.4 Å². The van der Waals surface area contributed by atoms with Crippen LogP contribution in [0, 0.1) is 0 Å². The van der Waals surface area contributed by atoms with Gasteiger partial charge in [0, 0.05) is 5.69 Å². The highest BCUT2D eigenvalue weighted by Crippen LogP contribution is 2.31. The van der Waals surface area contributed by atoms with Crippen LogP contribution in [0.5, 0.6) is 0 Å². The Labute approximate surface area is 230 Å². The first-order valence-corrected chi connectivity index (χ1v) is 13.0. The Bertz CT molecular complexity index is 1420. The largest absolute Gasteiger partial charge is 0.343 e. The number of carbonyl (C=O) groups is 2. The van der Waals surface area contributed by atoms with E-state index in [9.17, 15) is 9.59 Å². The Kier molecular flexibility index (Phi) is 8.82. The molecule has 1 aliphatic heterocycles. The lowest BCUT2D eigenvalue weighted by atomic mass is 9.95. The number of carbonyl (C=O) groups excluding carboxylic acids is 2. The van der Waals surface area contributed by atoms with Gasteiger partial charge >= 0.3 is 0 Å². The lowest BCUT2D eigenvalue weighted by Gasteiger charge is -2.27. The monoisotopic (exact) mass is 527 g/mol. The first-order chi connectivity index (χ1) is 18.0. The summed E-state index contributed by atoms with van der Waals surface area (Å²) in [6.07, 6.45) is 2.16. The van der Waals surface area contributed by atoms with Crippen LogP contribution >= 0.6 is 12.4 Å². The normalized spacial score (nSPS) is 15.8. The summed E-state index contributed by atoms with van der Waals surface area (Å²) in [7, 11) is 1.74. The third-order valence-corrected chi connectivity index (χ3v) is 7.36. The molecule has 2 amide bonds. The number of aryl methyl sites for hydroxylation is 1. The van der Waals surface area contributed by atoms with Crippen LogP contribution in [0.3, 0.4) is 0 Å². The van der Waals surface area contributed by atoms with Gasteiger partial charge in [-0.05, 0) is 72.3 Å². The summed E-state index contributed by atoms with van der Waals surface area (Å²) in [6.45, 7) is 2.24. The van der Waals surface area contributed by atoms with E-state index in [0.29, 0.717) is 13.0 Å². The van der Waals surface area contributed by atoms with E-state index in [4.69, 9.17) is 0 Å². The van der Waals surface area contributed by atoms with Gasteiger partial charge in [-0.15, -0.1) is 12.4 Å². The summed E-state index contributed by atoms with van der Waals surface area (Å²) in [5.74, 6) is -0.235. The second-order valence-electron chi connectivity index (χ2n) is 9.76. The molecule has 2 N–H and O–H groups in total. The smallest absolute Gasteiger partial charge is 0.249 e. The molecule has 196 valence electrons. The number of nitrogens with one attached hydrogen (secondary N) is 2. The van der Waals surface area contributed by atoms with E-state index in [1.165, 1.54) is 16.5 Å². The van der Waals surface area contributed by atoms with Gasteiger partial charge in [0.1, 0.15) is 6.04 Å². The first kappa shape index (κ1) is 27.4. The molecule has 0 unspecified atom stereocenters. The summed E-state index contributed by atoms with van der Waals surface area (Å²) in [4.78, 5) is 28.4. The topological polar surface area (TPSA) is 61.4 Å². The van der Waals surface area contributed by atoms with Gasteiger partial charge in [0.15, 0.2) is 0 Å². The Morgan fingerprint density at radius 3 is 2.29 bits per heavy atom. The van der Waals surface area contributed by atoms with Crippen molar-refractivity contribution in [2.45, 2.75) is 44.8 Å². The number of anilines is 1. The van der Waals surface area contributed by atoms with Crippen molar-refractivity contribution < 1.29 is 9.59 Å². The Morgan fingerprint density at radius 2 is 1.55 bits per heavy atom. The van der Waals surface area contributed by atoms with Crippen molar-refractivity contribution in [3.8, 4) is 0 Å². The quantitative estimate of drug-likeness (QED) is 0.337. The zero-order valence-electron chi connectivity index (χ0n) is 21.8. The maximum atomic E-state index is 13.9. The fraction of sp³-hybridized carbons (Fsp3) is 0.250. The van der Waals surface area contributed by atoms with Crippen LogP contribution in [-0.4, -0.2) is 30.9 Å². The molecule has 0 fully saturated rings. The average Bonchev–Trinajstić information content (AvgIpc) is 3.06. The van der Waals surface area contributed by atoms with Crippen LogP contribution in [0.1, 0.15) is 35.6 Å². The van der Waals surface area contributed by atoms with Crippen molar-refractivity contribution in [3.05, 3.63) is 113 Å². The van der Waals surface area contributed by atoms with E-state index in [1.54, 1.807) is 14.0 Å². The fourth-order valence-corrected chi connectivity index (χ4v) is 5.16. The minimum atomic E-state index is -0.570. The van der Waals surface area contributed by atoms with Gasteiger partial charge in [0.25, 0.3) is 0 Å². The second-order valence-corrected chi connectivity index (χ2v) is 9.76. The lowest BCUT2D eigenvalue weighted by Crippen LogP contribution is -2.52. The highest BCUT2D eigenvalue weighted by Gasteiger charge is 2.32. The fourth-order valence-electron chi connectivity index (χ4n) is 5.16. The third kappa shape index (κ3) is 5.74. The molecule has 1 heterocycles. The Balaban J connectivity index is 0.00000336. The maximum Gasteiger partial charge on any atom is 0.249 e. The number of para-hydroxylation sites is 1. The molecule has 0 aromatic heterocycles. The van der Waals surface area contributed by atoms with Crippen LogP contribution in [0.4, 0.5) is 5.69 Å². The van der Waals surface area contributed by atoms with Crippen molar-refractivity contribution in [1.82, 2.24) is 10.6 Å². The van der Waals surface area contributed by atoms with Gasteiger partial charge in [-0.3, -0.25) is 9.59 Å². The minimum absolute atomic E-state index is 0. The first-order valence-electron chi connectivity index (χ1n) is 13.0. The number of hydrogen-bond donors (Lipinski definition) is 2. The summed E-state index contributed by atoms with van der Waals surface area (Å²) in [6, 6.07) is 30.4. The van der Waals surface area contributed by atoms with Crippen molar-refractivity contribution in [3.63, 3.8) is 0 Å². The van der Waals surface area contributed by atoms with E-state index < -0.39 is 6.04 Å². The van der Waals surface area contributed by atoms with Crippen LogP contribution < -0.4 is 15.5 Å². The van der Waals surface area contributed by atoms with E-state index in [1.807, 2.05) is 29.2 Å². The molecule has 1 aliphatic rings. The predicted molar refractivity (Wildman–Crippen MR) is 157 cm³/mol. The molecule has 0 saturated heterocycles. The van der Waals surface area contributed by atoms with Gasteiger partial charge < -0.3 is 15.5 Å². The molecule has 0 spiro atoms. The van der Waals surface area contributed by atoms with Gasteiger partial charge in [0.2, 0.25) is 11.8 Å². The predicted octanol–water partition coefficient (Wildman–Crippen LogP) is 5.42. The van der Waals surface area contributed by atoms with Gasteiger partial charge in [-0.2, -0.15) is 0 Å². The molecule has 4 aromatic rings. The third-order valence-electron chi connectivity index (χ3n) is 7.36. The van der Waals surface area contributed by atoms with Crippen LogP contribution in [0.25, 0.3) is 10.8 Å². The highest BCUT2D eigenvalue weighted by atomic mass is 35.5.